The fraction of sp³-hybridized carbons (Fsp3) is 0.391. The largest absolute Gasteiger partial charge is 0.301 e. The van der Waals surface area contributed by atoms with E-state index in [1.165, 1.54) is 30.6 Å². The highest BCUT2D eigenvalue weighted by Gasteiger charge is 2.23. The third-order valence-electron chi connectivity index (χ3n) is 5.68. The Hall–Kier alpha value is -2.50. The lowest BCUT2D eigenvalue weighted by Gasteiger charge is -2.37. The van der Waals surface area contributed by atoms with Gasteiger partial charge < -0.3 is 4.90 Å². The van der Waals surface area contributed by atoms with E-state index in [0.717, 1.165) is 32.0 Å². The zero-order valence-corrected chi connectivity index (χ0v) is 16.6. The SMILES string of the molecule is CN(Cc1cccn1-c1ncccn1)[C@H]1CCCN(CCc2ccccc2)C1. The average molecular weight is 376 g/mol. The Morgan fingerprint density at radius 1 is 1.04 bits per heavy atom. The van der Waals surface area contributed by atoms with Gasteiger partial charge >= 0.3 is 0 Å². The van der Waals surface area contributed by atoms with Crippen molar-refractivity contribution >= 4 is 0 Å². The molecule has 2 aromatic heterocycles. The van der Waals surface area contributed by atoms with E-state index in [2.05, 4.69) is 73.8 Å². The average Bonchev–Trinajstić information content (AvgIpc) is 3.22. The van der Waals surface area contributed by atoms with Crippen molar-refractivity contribution in [3.8, 4) is 5.95 Å². The first-order valence-electron chi connectivity index (χ1n) is 10.2. The monoisotopic (exact) mass is 375 g/mol. The lowest BCUT2D eigenvalue weighted by Crippen LogP contribution is -2.46. The maximum atomic E-state index is 4.39. The molecule has 146 valence electrons. The Balaban J connectivity index is 1.35. The second-order valence-corrected chi connectivity index (χ2v) is 7.67. The molecular formula is C23H29N5. The van der Waals surface area contributed by atoms with Gasteiger partial charge in [0.2, 0.25) is 5.95 Å². The van der Waals surface area contributed by atoms with Crippen LogP contribution in [0.2, 0.25) is 0 Å². The zero-order valence-electron chi connectivity index (χ0n) is 16.6. The maximum absolute atomic E-state index is 4.39. The van der Waals surface area contributed by atoms with Crippen LogP contribution in [0.25, 0.3) is 5.95 Å². The van der Waals surface area contributed by atoms with Crippen LogP contribution in [-0.4, -0.2) is 57.1 Å². The molecule has 1 aromatic carbocycles. The van der Waals surface area contributed by atoms with E-state index in [9.17, 15) is 0 Å². The van der Waals surface area contributed by atoms with Gasteiger partial charge in [-0.05, 0) is 56.6 Å². The quantitative estimate of drug-likeness (QED) is 0.634. The van der Waals surface area contributed by atoms with Gasteiger partial charge in [0, 0.05) is 50.0 Å². The normalized spacial score (nSPS) is 17.9. The van der Waals surface area contributed by atoms with Crippen molar-refractivity contribution < 1.29 is 0 Å². The van der Waals surface area contributed by atoms with Gasteiger partial charge in [0.05, 0.1) is 0 Å². The second-order valence-electron chi connectivity index (χ2n) is 7.67. The first-order chi connectivity index (χ1) is 13.8. The topological polar surface area (TPSA) is 37.2 Å². The molecule has 3 aromatic rings. The Labute approximate surface area is 167 Å². The number of benzene rings is 1. The number of aromatic nitrogens is 3. The molecule has 1 saturated heterocycles. The molecule has 1 fully saturated rings. The predicted molar refractivity (Wildman–Crippen MR) is 112 cm³/mol. The molecule has 1 aliphatic rings. The number of piperidine rings is 1. The van der Waals surface area contributed by atoms with Crippen LogP contribution in [0.4, 0.5) is 0 Å². The maximum Gasteiger partial charge on any atom is 0.233 e. The van der Waals surface area contributed by atoms with Crippen LogP contribution in [0.5, 0.6) is 0 Å². The lowest BCUT2D eigenvalue weighted by molar-refractivity contribution is 0.111. The van der Waals surface area contributed by atoms with E-state index in [-0.39, 0.29) is 0 Å². The Bertz CT molecular complexity index is 846. The van der Waals surface area contributed by atoms with Crippen LogP contribution in [-0.2, 0) is 13.0 Å². The first kappa shape index (κ1) is 18.8. The summed E-state index contributed by atoms with van der Waals surface area (Å²) in [5.74, 6) is 0.740. The number of hydrogen-bond donors (Lipinski definition) is 0. The van der Waals surface area contributed by atoms with Crippen molar-refractivity contribution in [2.45, 2.75) is 31.8 Å². The van der Waals surface area contributed by atoms with Crippen molar-refractivity contribution in [3.05, 3.63) is 78.4 Å². The smallest absolute Gasteiger partial charge is 0.233 e. The summed E-state index contributed by atoms with van der Waals surface area (Å²) in [5, 5.41) is 0. The molecule has 5 heteroatoms. The zero-order chi connectivity index (χ0) is 19.2. The van der Waals surface area contributed by atoms with Crippen molar-refractivity contribution in [1.29, 1.82) is 0 Å². The standard InChI is InChI=1S/C23H29N5/c1-26(18-22-11-6-16-28(22)23-24-13-7-14-25-23)21-10-5-15-27(19-21)17-12-20-8-3-2-4-9-20/h2-4,6-9,11,13-14,16,21H,5,10,12,15,17-19H2,1H3/t21-/m0/s1. The van der Waals surface area contributed by atoms with Crippen LogP contribution >= 0.6 is 0 Å². The fourth-order valence-electron chi connectivity index (χ4n) is 4.07. The molecule has 28 heavy (non-hydrogen) atoms. The van der Waals surface area contributed by atoms with Crippen LogP contribution in [0, 0.1) is 0 Å². The molecule has 4 rings (SSSR count). The summed E-state index contributed by atoms with van der Waals surface area (Å²) in [7, 11) is 2.24. The highest BCUT2D eigenvalue weighted by Crippen LogP contribution is 2.18. The third kappa shape index (κ3) is 4.66. The molecule has 0 N–H and O–H groups in total. The molecule has 5 nitrogen and oxygen atoms in total. The van der Waals surface area contributed by atoms with Crippen LogP contribution in [0.1, 0.15) is 24.1 Å². The van der Waals surface area contributed by atoms with E-state index in [4.69, 9.17) is 0 Å². The van der Waals surface area contributed by atoms with Gasteiger partial charge in [-0.2, -0.15) is 0 Å². The van der Waals surface area contributed by atoms with Gasteiger partial charge in [-0.15, -0.1) is 0 Å². The summed E-state index contributed by atoms with van der Waals surface area (Å²) in [6.07, 6.45) is 9.30. The van der Waals surface area contributed by atoms with Gasteiger partial charge in [0.15, 0.2) is 0 Å². The van der Waals surface area contributed by atoms with Crippen LogP contribution in [0.15, 0.2) is 67.1 Å². The van der Waals surface area contributed by atoms with Crippen molar-refractivity contribution in [2.24, 2.45) is 0 Å². The molecule has 0 bridgehead atoms. The van der Waals surface area contributed by atoms with Gasteiger partial charge in [0.25, 0.3) is 0 Å². The first-order valence-corrected chi connectivity index (χ1v) is 10.2. The van der Waals surface area contributed by atoms with Crippen molar-refractivity contribution in [2.75, 3.05) is 26.7 Å². The van der Waals surface area contributed by atoms with Crippen molar-refractivity contribution in [1.82, 2.24) is 24.3 Å². The van der Waals surface area contributed by atoms with Crippen LogP contribution < -0.4 is 0 Å². The van der Waals surface area contributed by atoms with Crippen molar-refractivity contribution in [3.63, 3.8) is 0 Å². The minimum absolute atomic E-state index is 0.588. The number of likely N-dealkylation sites (tertiary alicyclic amines) is 1. The summed E-state index contributed by atoms with van der Waals surface area (Å²) in [6, 6.07) is 17.5. The molecule has 1 atom stereocenters. The minimum atomic E-state index is 0.588. The number of hydrogen-bond acceptors (Lipinski definition) is 4. The highest BCUT2D eigenvalue weighted by molar-refractivity contribution is 5.20. The van der Waals surface area contributed by atoms with E-state index in [1.807, 2.05) is 12.3 Å². The van der Waals surface area contributed by atoms with Crippen LogP contribution in [0.3, 0.4) is 0 Å². The molecule has 3 heterocycles. The predicted octanol–water partition coefficient (Wildman–Crippen LogP) is 3.41. The van der Waals surface area contributed by atoms with Gasteiger partial charge in [0.1, 0.15) is 0 Å². The number of likely N-dealkylation sites (N-methyl/N-ethyl adjacent to an activating group) is 1. The molecule has 0 radical (unpaired) electrons. The summed E-state index contributed by atoms with van der Waals surface area (Å²) in [4.78, 5) is 13.9. The summed E-state index contributed by atoms with van der Waals surface area (Å²) >= 11 is 0. The summed E-state index contributed by atoms with van der Waals surface area (Å²) in [6.45, 7) is 4.41. The van der Waals surface area contributed by atoms with Gasteiger partial charge in [-0.25, -0.2) is 9.97 Å². The molecule has 0 aliphatic carbocycles. The Kier molecular flexibility index (Phi) is 6.14. The Morgan fingerprint density at radius 2 is 1.86 bits per heavy atom. The summed E-state index contributed by atoms with van der Waals surface area (Å²) < 4.78 is 2.09. The second kappa shape index (κ2) is 9.13. The molecule has 0 saturated carbocycles. The van der Waals surface area contributed by atoms with E-state index in [1.54, 1.807) is 12.4 Å². The third-order valence-corrected chi connectivity index (χ3v) is 5.68. The molecular weight excluding hydrogens is 346 g/mol. The fourth-order valence-corrected chi connectivity index (χ4v) is 4.07. The molecule has 1 aliphatic heterocycles. The lowest BCUT2D eigenvalue weighted by atomic mass is 10.0. The summed E-state index contributed by atoms with van der Waals surface area (Å²) in [5.41, 5.74) is 2.66. The Morgan fingerprint density at radius 3 is 2.68 bits per heavy atom. The van der Waals surface area contributed by atoms with E-state index < -0.39 is 0 Å². The van der Waals surface area contributed by atoms with Gasteiger partial charge in [-0.3, -0.25) is 9.47 Å². The molecule has 0 unspecified atom stereocenters. The highest BCUT2D eigenvalue weighted by atomic mass is 15.2. The number of nitrogens with zero attached hydrogens (tertiary/aromatic N) is 5. The minimum Gasteiger partial charge on any atom is -0.301 e. The number of rotatable bonds is 7. The van der Waals surface area contributed by atoms with E-state index in [0.29, 0.717) is 6.04 Å². The molecule has 0 amide bonds. The van der Waals surface area contributed by atoms with Gasteiger partial charge in [-0.1, -0.05) is 30.3 Å². The molecule has 0 spiro atoms. The van der Waals surface area contributed by atoms with E-state index >= 15 is 0 Å².